The quantitative estimate of drug-likeness (QED) is 0.850. The van der Waals surface area contributed by atoms with Gasteiger partial charge in [0, 0.05) is 31.7 Å². The highest BCUT2D eigenvalue weighted by molar-refractivity contribution is 5.94. The maximum Gasteiger partial charge on any atom is 0.253 e. The molecule has 1 aromatic rings. The number of rotatable bonds is 3. The first-order valence-corrected chi connectivity index (χ1v) is 7.07. The number of carbonyl (C=O) groups is 1. The average molecular weight is 287 g/mol. The molecule has 1 aliphatic rings. The molecular weight excluding hydrogens is 266 g/mol. The lowest BCUT2D eigenvalue weighted by Crippen LogP contribution is -2.55. The molecule has 0 spiro atoms. The molecule has 1 saturated heterocycles. The van der Waals surface area contributed by atoms with Crippen LogP contribution < -0.4 is 4.74 Å². The van der Waals surface area contributed by atoms with Crippen LogP contribution >= 0.6 is 0 Å². The minimum atomic E-state index is -0.477. The highest BCUT2D eigenvalue weighted by Crippen LogP contribution is 2.18. The summed E-state index contributed by atoms with van der Waals surface area (Å²) in [5.74, 6) is 0.777. The molecular formula is C16H21N3O2. The van der Waals surface area contributed by atoms with E-state index in [0.29, 0.717) is 18.7 Å². The number of amides is 1. The molecule has 1 aliphatic heterocycles. The van der Waals surface area contributed by atoms with Gasteiger partial charge < -0.3 is 9.64 Å². The summed E-state index contributed by atoms with van der Waals surface area (Å²) in [7, 11) is 1.60. The third-order valence-electron chi connectivity index (χ3n) is 3.97. The summed E-state index contributed by atoms with van der Waals surface area (Å²) in [4.78, 5) is 16.4. The number of methoxy groups -OCH3 is 1. The normalized spacial score (nSPS) is 16.4. The molecule has 0 N–H and O–H groups in total. The standard InChI is InChI=1S/C16H21N3O2/c1-16(2,12-17)19-10-8-18(9-11-19)15(20)13-4-6-14(21-3)7-5-13/h4-7H,8-11H2,1-3H3. The molecule has 0 radical (unpaired) electrons. The van der Waals surface area contributed by atoms with Gasteiger partial charge in [-0.1, -0.05) is 0 Å². The Balaban J connectivity index is 1.98. The van der Waals surface area contributed by atoms with Crippen LogP contribution in [-0.2, 0) is 0 Å². The molecule has 0 bridgehead atoms. The number of nitrogens with zero attached hydrogens (tertiary/aromatic N) is 3. The minimum absolute atomic E-state index is 0.0343. The molecule has 1 heterocycles. The molecule has 112 valence electrons. The number of nitriles is 1. The molecule has 0 aromatic heterocycles. The zero-order chi connectivity index (χ0) is 15.5. The third-order valence-corrected chi connectivity index (χ3v) is 3.97. The fourth-order valence-corrected chi connectivity index (χ4v) is 2.46. The Morgan fingerprint density at radius 1 is 1.19 bits per heavy atom. The van der Waals surface area contributed by atoms with E-state index in [1.807, 2.05) is 18.7 Å². The van der Waals surface area contributed by atoms with Gasteiger partial charge in [-0.15, -0.1) is 0 Å². The Bertz CT molecular complexity index is 538. The van der Waals surface area contributed by atoms with Gasteiger partial charge in [0.15, 0.2) is 0 Å². The summed E-state index contributed by atoms with van der Waals surface area (Å²) in [6.07, 6.45) is 0. The first kappa shape index (κ1) is 15.3. The van der Waals surface area contributed by atoms with Crippen LogP contribution in [0.15, 0.2) is 24.3 Å². The zero-order valence-corrected chi connectivity index (χ0v) is 12.8. The predicted octanol–water partition coefficient (Wildman–Crippen LogP) is 1.76. The molecule has 1 fully saturated rings. The second-order valence-electron chi connectivity index (χ2n) is 5.68. The van der Waals surface area contributed by atoms with Crippen LogP contribution in [0, 0.1) is 11.3 Å². The SMILES string of the molecule is COc1ccc(C(=O)N2CCN(C(C)(C)C#N)CC2)cc1. The second-order valence-corrected chi connectivity index (χ2v) is 5.68. The zero-order valence-electron chi connectivity index (χ0n) is 12.8. The minimum Gasteiger partial charge on any atom is -0.497 e. The average Bonchev–Trinajstić information content (AvgIpc) is 2.54. The number of piperazine rings is 1. The Morgan fingerprint density at radius 2 is 1.76 bits per heavy atom. The lowest BCUT2D eigenvalue weighted by atomic mass is 10.0. The van der Waals surface area contributed by atoms with Crippen molar-refractivity contribution in [1.82, 2.24) is 9.80 Å². The molecule has 1 amide bonds. The molecule has 0 atom stereocenters. The van der Waals surface area contributed by atoms with E-state index in [9.17, 15) is 4.79 Å². The molecule has 21 heavy (non-hydrogen) atoms. The highest BCUT2D eigenvalue weighted by Gasteiger charge is 2.31. The lowest BCUT2D eigenvalue weighted by Gasteiger charge is -2.40. The van der Waals surface area contributed by atoms with Gasteiger partial charge in [0.25, 0.3) is 5.91 Å². The first-order chi connectivity index (χ1) is 9.97. The molecule has 0 saturated carbocycles. The van der Waals surface area contributed by atoms with Crippen molar-refractivity contribution in [2.45, 2.75) is 19.4 Å². The van der Waals surface area contributed by atoms with Crippen LogP contribution in [0.4, 0.5) is 0 Å². The monoisotopic (exact) mass is 287 g/mol. The van der Waals surface area contributed by atoms with Crippen molar-refractivity contribution in [3.05, 3.63) is 29.8 Å². The van der Waals surface area contributed by atoms with Crippen LogP contribution in [0.5, 0.6) is 5.75 Å². The van der Waals surface area contributed by atoms with Gasteiger partial charge in [-0.05, 0) is 38.1 Å². The Kier molecular flexibility index (Phi) is 4.49. The predicted molar refractivity (Wildman–Crippen MR) is 80.2 cm³/mol. The number of carbonyl (C=O) groups excluding carboxylic acids is 1. The van der Waals surface area contributed by atoms with E-state index in [0.717, 1.165) is 18.8 Å². The van der Waals surface area contributed by atoms with Crippen molar-refractivity contribution >= 4 is 5.91 Å². The molecule has 5 heteroatoms. The van der Waals surface area contributed by atoms with E-state index in [1.54, 1.807) is 31.4 Å². The summed E-state index contributed by atoms with van der Waals surface area (Å²) in [5.41, 5.74) is 0.193. The number of benzene rings is 1. The maximum atomic E-state index is 12.4. The fourth-order valence-electron chi connectivity index (χ4n) is 2.46. The van der Waals surface area contributed by atoms with Crippen molar-refractivity contribution in [2.75, 3.05) is 33.3 Å². The van der Waals surface area contributed by atoms with E-state index in [2.05, 4.69) is 11.0 Å². The molecule has 0 aliphatic carbocycles. The van der Waals surface area contributed by atoms with Crippen molar-refractivity contribution < 1.29 is 9.53 Å². The highest BCUT2D eigenvalue weighted by atomic mass is 16.5. The van der Waals surface area contributed by atoms with E-state index < -0.39 is 5.54 Å². The van der Waals surface area contributed by atoms with Gasteiger partial charge >= 0.3 is 0 Å². The molecule has 5 nitrogen and oxygen atoms in total. The van der Waals surface area contributed by atoms with Crippen LogP contribution in [-0.4, -0.2) is 54.5 Å². The van der Waals surface area contributed by atoms with E-state index >= 15 is 0 Å². The summed E-state index contributed by atoms with van der Waals surface area (Å²) >= 11 is 0. The van der Waals surface area contributed by atoms with Gasteiger partial charge in [0.2, 0.25) is 0 Å². The van der Waals surface area contributed by atoms with E-state index in [4.69, 9.17) is 10.00 Å². The molecule has 0 unspecified atom stereocenters. The van der Waals surface area contributed by atoms with Crippen molar-refractivity contribution in [3.8, 4) is 11.8 Å². The van der Waals surface area contributed by atoms with Gasteiger partial charge in [0.1, 0.15) is 11.3 Å². The van der Waals surface area contributed by atoms with Gasteiger partial charge in [-0.2, -0.15) is 5.26 Å². The number of ether oxygens (including phenoxy) is 1. The van der Waals surface area contributed by atoms with Crippen molar-refractivity contribution in [3.63, 3.8) is 0 Å². The Morgan fingerprint density at radius 3 is 2.24 bits per heavy atom. The van der Waals surface area contributed by atoms with Crippen LogP contribution in [0.25, 0.3) is 0 Å². The molecule has 1 aromatic carbocycles. The van der Waals surface area contributed by atoms with Crippen molar-refractivity contribution in [2.24, 2.45) is 0 Å². The number of hydrogen-bond acceptors (Lipinski definition) is 4. The van der Waals surface area contributed by atoms with Crippen molar-refractivity contribution in [1.29, 1.82) is 5.26 Å². The van der Waals surface area contributed by atoms with Crippen LogP contribution in [0.1, 0.15) is 24.2 Å². The van der Waals surface area contributed by atoms with Crippen LogP contribution in [0.3, 0.4) is 0 Å². The van der Waals surface area contributed by atoms with Gasteiger partial charge in [-0.3, -0.25) is 9.69 Å². The number of hydrogen-bond donors (Lipinski definition) is 0. The third kappa shape index (κ3) is 3.34. The lowest BCUT2D eigenvalue weighted by molar-refractivity contribution is 0.0521. The molecule has 2 rings (SSSR count). The second kappa shape index (κ2) is 6.15. The smallest absolute Gasteiger partial charge is 0.253 e. The maximum absolute atomic E-state index is 12.4. The van der Waals surface area contributed by atoms with E-state index in [-0.39, 0.29) is 5.91 Å². The Labute approximate surface area is 125 Å². The summed E-state index contributed by atoms with van der Waals surface area (Å²) < 4.78 is 5.10. The summed E-state index contributed by atoms with van der Waals surface area (Å²) in [6.45, 7) is 6.57. The first-order valence-electron chi connectivity index (χ1n) is 7.07. The van der Waals surface area contributed by atoms with Gasteiger partial charge in [0.05, 0.1) is 13.2 Å². The van der Waals surface area contributed by atoms with E-state index in [1.165, 1.54) is 0 Å². The largest absolute Gasteiger partial charge is 0.497 e. The fraction of sp³-hybridized carbons (Fsp3) is 0.500. The summed E-state index contributed by atoms with van der Waals surface area (Å²) in [5, 5.41) is 9.16. The topological polar surface area (TPSA) is 56.6 Å². The summed E-state index contributed by atoms with van der Waals surface area (Å²) in [6, 6.07) is 9.46. The van der Waals surface area contributed by atoms with Gasteiger partial charge in [-0.25, -0.2) is 0 Å². The Hall–Kier alpha value is -2.06. The van der Waals surface area contributed by atoms with Crippen LogP contribution in [0.2, 0.25) is 0 Å².